The smallest absolute Gasteiger partial charge is 0.328 e. The van der Waals surface area contributed by atoms with Crippen LogP contribution in [0.4, 0.5) is 0 Å². The number of carboxylic acids is 2. The summed E-state index contributed by atoms with van der Waals surface area (Å²) in [4.78, 5) is 22.4. The van der Waals surface area contributed by atoms with Gasteiger partial charge in [-0.1, -0.05) is 18.2 Å². The average Bonchev–Trinajstić information content (AvgIpc) is 2.92. The third-order valence-electron chi connectivity index (χ3n) is 3.83. The van der Waals surface area contributed by atoms with Gasteiger partial charge >= 0.3 is 11.9 Å². The van der Waals surface area contributed by atoms with E-state index in [0.29, 0.717) is 22.4 Å². The fourth-order valence-corrected chi connectivity index (χ4v) is 2.74. The summed E-state index contributed by atoms with van der Waals surface area (Å²) < 4.78 is 5.78. The van der Waals surface area contributed by atoms with Crippen molar-refractivity contribution in [3.63, 3.8) is 0 Å². The molecule has 24 heavy (non-hydrogen) atoms. The number of aromatic hydroxyl groups is 1. The zero-order valence-electron chi connectivity index (χ0n) is 12.4. The maximum absolute atomic E-state index is 11.8. The van der Waals surface area contributed by atoms with E-state index >= 15 is 0 Å². The van der Waals surface area contributed by atoms with Gasteiger partial charge in [0.15, 0.2) is 0 Å². The normalized spacial score (nSPS) is 19.0. The number of hydrogen-bond donors (Lipinski definition) is 3. The van der Waals surface area contributed by atoms with E-state index in [1.807, 2.05) is 0 Å². The van der Waals surface area contributed by atoms with Crippen molar-refractivity contribution in [2.45, 2.75) is 12.0 Å². The van der Waals surface area contributed by atoms with Gasteiger partial charge in [-0.3, -0.25) is 4.79 Å². The van der Waals surface area contributed by atoms with Gasteiger partial charge in [0, 0.05) is 11.6 Å². The molecule has 0 saturated carbocycles. The number of benzene rings is 2. The first kappa shape index (κ1) is 15.6. The second kappa shape index (κ2) is 6.08. The van der Waals surface area contributed by atoms with Crippen molar-refractivity contribution in [3.05, 3.63) is 65.2 Å². The third-order valence-corrected chi connectivity index (χ3v) is 3.83. The Kier molecular flexibility index (Phi) is 3.95. The largest absolute Gasteiger partial charge is 0.508 e. The minimum atomic E-state index is -1.08. The van der Waals surface area contributed by atoms with E-state index in [2.05, 4.69) is 0 Å². The second-order valence-electron chi connectivity index (χ2n) is 5.41. The second-order valence-corrected chi connectivity index (χ2v) is 5.41. The predicted octanol–water partition coefficient (Wildman–Crippen LogP) is 2.79. The molecule has 2 aromatic carbocycles. The molecule has 0 aromatic heterocycles. The fourth-order valence-electron chi connectivity index (χ4n) is 2.74. The maximum atomic E-state index is 11.8. The van der Waals surface area contributed by atoms with Gasteiger partial charge < -0.3 is 20.1 Å². The number of rotatable bonds is 4. The minimum Gasteiger partial charge on any atom is -0.508 e. The Morgan fingerprint density at radius 2 is 1.75 bits per heavy atom. The van der Waals surface area contributed by atoms with Gasteiger partial charge in [0.05, 0.1) is 0 Å². The molecule has 0 fully saturated rings. The molecule has 0 amide bonds. The lowest BCUT2D eigenvalue weighted by Gasteiger charge is -2.16. The van der Waals surface area contributed by atoms with E-state index in [-0.39, 0.29) is 5.75 Å². The zero-order chi connectivity index (χ0) is 17.3. The highest BCUT2D eigenvalue weighted by molar-refractivity contribution is 5.86. The number of hydrogen-bond acceptors (Lipinski definition) is 4. The van der Waals surface area contributed by atoms with Crippen molar-refractivity contribution in [1.82, 2.24) is 0 Å². The topological polar surface area (TPSA) is 104 Å². The van der Waals surface area contributed by atoms with Crippen LogP contribution in [-0.4, -0.2) is 27.3 Å². The molecule has 3 rings (SSSR count). The van der Waals surface area contributed by atoms with Gasteiger partial charge in [0.2, 0.25) is 0 Å². The van der Waals surface area contributed by atoms with Gasteiger partial charge in [0.1, 0.15) is 23.5 Å². The molecular weight excluding hydrogens is 312 g/mol. The van der Waals surface area contributed by atoms with Crippen molar-refractivity contribution < 1.29 is 29.6 Å². The first-order chi connectivity index (χ1) is 11.5. The monoisotopic (exact) mass is 326 g/mol. The zero-order valence-corrected chi connectivity index (χ0v) is 12.4. The number of aliphatic carboxylic acids is 2. The van der Waals surface area contributed by atoms with E-state index in [4.69, 9.17) is 9.84 Å². The summed E-state index contributed by atoms with van der Waals surface area (Å²) in [7, 11) is 0. The van der Waals surface area contributed by atoms with E-state index in [9.17, 15) is 19.8 Å². The van der Waals surface area contributed by atoms with Crippen LogP contribution in [0.15, 0.2) is 48.5 Å². The van der Waals surface area contributed by atoms with E-state index in [0.717, 1.165) is 6.08 Å². The molecule has 6 nitrogen and oxygen atoms in total. The van der Waals surface area contributed by atoms with Gasteiger partial charge in [-0.2, -0.15) is 0 Å². The fraction of sp³-hybridized carbons (Fsp3) is 0.111. The molecule has 0 aliphatic carbocycles. The van der Waals surface area contributed by atoms with Crippen LogP contribution in [0.2, 0.25) is 0 Å². The SMILES string of the molecule is O=C(O)/C=C/c1ccc2c(c1)[C@@H](C(=O)O)[C@H](c1ccc(O)cc1)O2. The first-order valence-corrected chi connectivity index (χ1v) is 7.19. The lowest BCUT2D eigenvalue weighted by atomic mass is 9.90. The molecule has 122 valence electrons. The summed E-state index contributed by atoms with van der Waals surface area (Å²) in [6.45, 7) is 0. The van der Waals surface area contributed by atoms with Crippen LogP contribution >= 0.6 is 0 Å². The van der Waals surface area contributed by atoms with Crippen molar-refractivity contribution >= 4 is 18.0 Å². The summed E-state index contributed by atoms with van der Waals surface area (Å²) in [5.74, 6) is -2.49. The standard InChI is InChI=1S/C18H14O6/c19-12-5-3-11(4-6-12)17-16(18(22)23)13-9-10(2-8-15(20)21)1-7-14(13)24-17/h1-9,16-17,19H,(H,20,21)(H,22,23)/b8-2+/t16-,17+/m1/s1. The van der Waals surface area contributed by atoms with Crippen LogP contribution in [0.25, 0.3) is 6.08 Å². The Balaban J connectivity index is 1.99. The number of phenols is 1. The highest BCUT2D eigenvalue weighted by Gasteiger charge is 2.40. The highest BCUT2D eigenvalue weighted by Crippen LogP contribution is 2.46. The van der Waals surface area contributed by atoms with Crippen LogP contribution in [-0.2, 0) is 9.59 Å². The Bertz CT molecular complexity index is 822. The molecule has 0 bridgehead atoms. The molecule has 0 saturated heterocycles. The Labute approximate surface area is 137 Å². The average molecular weight is 326 g/mol. The number of phenolic OH excluding ortho intramolecular Hbond substituents is 1. The molecule has 1 aliphatic heterocycles. The molecule has 2 aromatic rings. The summed E-state index contributed by atoms with van der Waals surface area (Å²) in [5.41, 5.74) is 1.71. The molecule has 0 spiro atoms. The molecule has 0 unspecified atom stereocenters. The Morgan fingerprint density at radius 1 is 1.04 bits per heavy atom. The number of carbonyl (C=O) groups is 2. The van der Waals surface area contributed by atoms with E-state index < -0.39 is 24.0 Å². The third kappa shape index (κ3) is 2.94. The van der Waals surface area contributed by atoms with Gasteiger partial charge in [-0.15, -0.1) is 0 Å². The molecule has 2 atom stereocenters. The van der Waals surface area contributed by atoms with Crippen molar-refractivity contribution in [2.24, 2.45) is 0 Å². The predicted molar refractivity (Wildman–Crippen MR) is 85.0 cm³/mol. The summed E-state index contributed by atoms with van der Waals surface area (Å²) in [6, 6.07) is 11.1. The maximum Gasteiger partial charge on any atom is 0.328 e. The van der Waals surface area contributed by atoms with Crippen molar-refractivity contribution in [2.75, 3.05) is 0 Å². The highest BCUT2D eigenvalue weighted by atomic mass is 16.5. The lowest BCUT2D eigenvalue weighted by molar-refractivity contribution is -0.140. The van der Waals surface area contributed by atoms with Gasteiger partial charge in [0.25, 0.3) is 0 Å². The van der Waals surface area contributed by atoms with Crippen molar-refractivity contribution in [3.8, 4) is 11.5 Å². The molecule has 1 aliphatic rings. The molecule has 0 radical (unpaired) electrons. The van der Waals surface area contributed by atoms with Gasteiger partial charge in [-0.25, -0.2) is 4.79 Å². The van der Waals surface area contributed by atoms with E-state index in [1.165, 1.54) is 18.2 Å². The molecule has 1 heterocycles. The number of ether oxygens (including phenoxy) is 1. The summed E-state index contributed by atoms with van der Waals surface area (Å²) in [6.07, 6.45) is 1.68. The number of carboxylic acid groups (broad SMARTS) is 2. The van der Waals surface area contributed by atoms with Crippen molar-refractivity contribution in [1.29, 1.82) is 0 Å². The summed E-state index contributed by atoms with van der Waals surface area (Å²) in [5, 5.41) is 27.7. The number of fused-ring (bicyclic) bond motifs is 1. The molecule has 3 N–H and O–H groups in total. The minimum absolute atomic E-state index is 0.0854. The Hall–Kier alpha value is -3.28. The van der Waals surface area contributed by atoms with Crippen LogP contribution in [0, 0.1) is 0 Å². The lowest BCUT2D eigenvalue weighted by Crippen LogP contribution is -2.18. The summed E-state index contributed by atoms with van der Waals surface area (Å²) >= 11 is 0. The molecule has 6 heteroatoms. The first-order valence-electron chi connectivity index (χ1n) is 7.19. The van der Waals surface area contributed by atoms with E-state index in [1.54, 1.807) is 30.3 Å². The van der Waals surface area contributed by atoms with Crippen LogP contribution < -0.4 is 4.74 Å². The molecular formula is C18H14O6. The van der Waals surface area contributed by atoms with Gasteiger partial charge in [-0.05, 0) is 41.5 Å². The Morgan fingerprint density at radius 3 is 2.38 bits per heavy atom. The quantitative estimate of drug-likeness (QED) is 0.746. The van der Waals surface area contributed by atoms with Crippen LogP contribution in [0.3, 0.4) is 0 Å². The van der Waals surface area contributed by atoms with Crippen LogP contribution in [0.5, 0.6) is 11.5 Å². The van der Waals surface area contributed by atoms with Crippen LogP contribution in [0.1, 0.15) is 28.7 Å².